The fraction of sp³-hybridized carbons (Fsp3) is 0.200. The summed E-state index contributed by atoms with van der Waals surface area (Å²) in [6.45, 7) is 3.81. The summed E-state index contributed by atoms with van der Waals surface area (Å²) in [7, 11) is 0. The van der Waals surface area contributed by atoms with Crippen LogP contribution >= 0.6 is 23.1 Å². The average molecular weight is 330 g/mol. The van der Waals surface area contributed by atoms with Gasteiger partial charge in [0.1, 0.15) is 10.5 Å². The number of aryl methyl sites for hydroxylation is 2. The van der Waals surface area contributed by atoms with Crippen LogP contribution in [0.3, 0.4) is 0 Å². The highest BCUT2D eigenvalue weighted by Crippen LogP contribution is 2.36. The maximum Gasteiger partial charge on any atom is 0.259 e. The van der Waals surface area contributed by atoms with E-state index in [1.54, 1.807) is 0 Å². The Kier molecular flexibility index (Phi) is 3.84. The SMILES string of the molecule is CSc1nc(-c2cccc(C)n2)c2c(C)c(C(N)=O)sc2n1. The molecule has 5 nitrogen and oxygen atoms in total. The molecule has 112 valence electrons. The number of rotatable bonds is 3. The third kappa shape index (κ3) is 2.46. The molecule has 0 atom stereocenters. The van der Waals surface area contributed by atoms with Gasteiger partial charge in [-0.2, -0.15) is 0 Å². The smallest absolute Gasteiger partial charge is 0.259 e. The molecular formula is C15H14N4OS2. The van der Waals surface area contributed by atoms with Crippen LogP contribution in [0.4, 0.5) is 0 Å². The van der Waals surface area contributed by atoms with E-state index in [9.17, 15) is 4.79 Å². The molecule has 0 spiro atoms. The molecular weight excluding hydrogens is 316 g/mol. The van der Waals surface area contributed by atoms with Crippen molar-refractivity contribution >= 4 is 39.2 Å². The van der Waals surface area contributed by atoms with Crippen LogP contribution in [0.1, 0.15) is 20.9 Å². The standard InChI is InChI=1S/C15H14N4OS2/c1-7-5-4-6-9(17-7)11-10-8(2)12(13(16)20)22-14(10)19-15(18-11)21-3/h4-6H,1-3H3,(H2,16,20). The summed E-state index contributed by atoms with van der Waals surface area (Å²) in [5, 5.41) is 1.51. The number of fused-ring (bicyclic) bond motifs is 1. The van der Waals surface area contributed by atoms with E-state index < -0.39 is 5.91 Å². The molecule has 1 amide bonds. The van der Waals surface area contributed by atoms with Gasteiger partial charge < -0.3 is 5.73 Å². The number of carbonyl (C=O) groups is 1. The molecule has 0 aliphatic heterocycles. The Morgan fingerprint density at radius 3 is 2.64 bits per heavy atom. The van der Waals surface area contributed by atoms with Crippen molar-refractivity contribution in [1.29, 1.82) is 0 Å². The first-order valence-corrected chi connectivity index (χ1v) is 8.64. The van der Waals surface area contributed by atoms with Gasteiger partial charge in [-0.15, -0.1) is 11.3 Å². The molecule has 22 heavy (non-hydrogen) atoms. The molecule has 0 aromatic carbocycles. The zero-order chi connectivity index (χ0) is 15.9. The third-order valence-corrected chi connectivity index (χ3v) is 5.05. The summed E-state index contributed by atoms with van der Waals surface area (Å²) in [5.41, 5.74) is 8.72. The lowest BCUT2D eigenvalue weighted by Crippen LogP contribution is -2.09. The molecule has 3 heterocycles. The van der Waals surface area contributed by atoms with Crippen molar-refractivity contribution in [1.82, 2.24) is 15.0 Å². The van der Waals surface area contributed by atoms with E-state index >= 15 is 0 Å². The number of hydrogen-bond acceptors (Lipinski definition) is 6. The maximum absolute atomic E-state index is 11.6. The van der Waals surface area contributed by atoms with Crippen molar-refractivity contribution in [2.75, 3.05) is 6.26 Å². The minimum Gasteiger partial charge on any atom is -0.365 e. The summed E-state index contributed by atoms with van der Waals surface area (Å²) in [4.78, 5) is 26.6. The molecule has 0 saturated carbocycles. The number of aromatic nitrogens is 3. The lowest BCUT2D eigenvalue weighted by molar-refractivity contribution is 0.100. The van der Waals surface area contributed by atoms with Gasteiger partial charge in [-0.05, 0) is 37.8 Å². The average Bonchev–Trinajstić information content (AvgIpc) is 2.83. The normalized spacial score (nSPS) is 11.0. The van der Waals surface area contributed by atoms with Gasteiger partial charge in [-0.3, -0.25) is 9.78 Å². The van der Waals surface area contributed by atoms with E-state index in [0.717, 1.165) is 32.9 Å². The number of thiophene rings is 1. The van der Waals surface area contributed by atoms with E-state index in [-0.39, 0.29) is 0 Å². The van der Waals surface area contributed by atoms with Crippen molar-refractivity contribution < 1.29 is 4.79 Å². The van der Waals surface area contributed by atoms with Crippen molar-refractivity contribution in [2.24, 2.45) is 5.73 Å². The van der Waals surface area contributed by atoms with Crippen LogP contribution in [-0.4, -0.2) is 27.1 Å². The number of carbonyl (C=O) groups excluding carboxylic acids is 1. The summed E-state index contributed by atoms with van der Waals surface area (Å²) in [6, 6.07) is 5.80. The first kappa shape index (κ1) is 14.9. The minimum absolute atomic E-state index is 0.436. The van der Waals surface area contributed by atoms with Crippen LogP contribution in [0.5, 0.6) is 0 Å². The van der Waals surface area contributed by atoms with Gasteiger partial charge in [0.15, 0.2) is 5.16 Å². The number of amides is 1. The number of primary amides is 1. The highest BCUT2D eigenvalue weighted by molar-refractivity contribution is 7.98. The highest BCUT2D eigenvalue weighted by Gasteiger charge is 2.20. The monoisotopic (exact) mass is 330 g/mol. The van der Waals surface area contributed by atoms with Gasteiger partial charge in [0, 0.05) is 11.1 Å². The van der Waals surface area contributed by atoms with Gasteiger partial charge in [-0.25, -0.2) is 9.97 Å². The first-order chi connectivity index (χ1) is 10.5. The molecule has 0 bridgehead atoms. The quantitative estimate of drug-likeness (QED) is 0.589. The van der Waals surface area contributed by atoms with E-state index in [1.165, 1.54) is 23.1 Å². The van der Waals surface area contributed by atoms with Crippen molar-refractivity contribution in [2.45, 2.75) is 19.0 Å². The second-order valence-electron chi connectivity index (χ2n) is 4.82. The Labute approximate surface area is 136 Å². The predicted molar refractivity (Wildman–Crippen MR) is 90.4 cm³/mol. The second kappa shape index (κ2) is 5.66. The summed E-state index contributed by atoms with van der Waals surface area (Å²) < 4.78 is 0. The zero-order valence-corrected chi connectivity index (χ0v) is 14.0. The second-order valence-corrected chi connectivity index (χ2v) is 6.60. The third-order valence-electron chi connectivity index (χ3n) is 3.31. The van der Waals surface area contributed by atoms with E-state index in [1.807, 2.05) is 38.3 Å². The fourth-order valence-electron chi connectivity index (χ4n) is 2.31. The topological polar surface area (TPSA) is 81.8 Å². The first-order valence-electron chi connectivity index (χ1n) is 6.60. The van der Waals surface area contributed by atoms with Crippen molar-refractivity contribution in [3.05, 3.63) is 34.3 Å². The number of nitrogens with two attached hydrogens (primary N) is 1. The lowest BCUT2D eigenvalue weighted by atomic mass is 10.1. The number of pyridine rings is 1. The maximum atomic E-state index is 11.6. The van der Waals surface area contributed by atoms with Crippen molar-refractivity contribution in [3.8, 4) is 11.4 Å². The van der Waals surface area contributed by atoms with Gasteiger partial charge >= 0.3 is 0 Å². The molecule has 0 saturated heterocycles. The molecule has 3 aromatic heterocycles. The van der Waals surface area contributed by atoms with E-state index in [0.29, 0.717) is 10.0 Å². The predicted octanol–water partition coefficient (Wildman–Crippen LogP) is 3.19. The highest BCUT2D eigenvalue weighted by atomic mass is 32.2. The summed E-state index contributed by atoms with van der Waals surface area (Å²) in [6.07, 6.45) is 1.92. The van der Waals surface area contributed by atoms with Crippen LogP contribution in [0.25, 0.3) is 21.6 Å². The Balaban J connectivity index is 2.39. The van der Waals surface area contributed by atoms with Crippen molar-refractivity contribution in [3.63, 3.8) is 0 Å². The molecule has 0 aliphatic carbocycles. The van der Waals surface area contributed by atoms with Gasteiger partial charge in [0.05, 0.1) is 10.6 Å². The zero-order valence-electron chi connectivity index (χ0n) is 12.4. The van der Waals surface area contributed by atoms with Crippen LogP contribution in [-0.2, 0) is 0 Å². The molecule has 3 aromatic rings. The van der Waals surface area contributed by atoms with Gasteiger partial charge in [0.25, 0.3) is 5.91 Å². The summed E-state index contributed by atoms with van der Waals surface area (Å²) >= 11 is 2.77. The van der Waals surface area contributed by atoms with Crippen LogP contribution in [0.2, 0.25) is 0 Å². The van der Waals surface area contributed by atoms with Crippen LogP contribution in [0, 0.1) is 13.8 Å². The Morgan fingerprint density at radius 2 is 2.00 bits per heavy atom. The molecule has 0 aliphatic rings. The summed E-state index contributed by atoms with van der Waals surface area (Å²) in [5.74, 6) is -0.436. The van der Waals surface area contributed by atoms with Gasteiger partial charge in [0.2, 0.25) is 0 Å². The molecule has 0 unspecified atom stereocenters. The van der Waals surface area contributed by atoms with E-state index in [2.05, 4.69) is 15.0 Å². The Bertz CT molecular complexity index is 889. The van der Waals surface area contributed by atoms with Gasteiger partial charge in [-0.1, -0.05) is 17.8 Å². The Morgan fingerprint density at radius 1 is 1.23 bits per heavy atom. The number of nitrogens with zero attached hydrogens (tertiary/aromatic N) is 3. The molecule has 7 heteroatoms. The number of hydrogen-bond donors (Lipinski definition) is 1. The lowest BCUT2D eigenvalue weighted by Gasteiger charge is -2.06. The minimum atomic E-state index is -0.436. The largest absolute Gasteiger partial charge is 0.365 e. The fourth-order valence-corrected chi connectivity index (χ4v) is 3.76. The molecule has 3 rings (SSSR count). The molecule has 0 fully saturated rings. The Hall–Kier alpha value is -1.99. The molecule has 2 N–H and O–H groups in total. The number of thioether (sulfide) groups is 1. The van der Waals surface area contributed by atoms with Crippen LogP contribution < -0.4 is 5.73 Å². The van der Waals surface area contributed by atoms with Crippen LogP contribution in [0.15, 0.2) is 23.4 Å². The van der Waals surface area contributed by atoms with E-state index in [4.69, 9.17) is 5.73 Å². The molecule has 0 radical (unpaired) electrons.